The van der Waals surface area contributed by atoms with E-state index in [1.165, 1.54) is 0 Å². The lowest BCUT2D eigenvalue weighted by molar-refractivity contribution is -0.121. The second-order valence-corrected chi connectivity index (χ2v) is 1.82. The van der Waals surface area contributed by atoms with Gasteiger partial charge in [-0.25, -0.2) is 0 Å². The molecule has 1 amide bonds. The Balaban J connectivity index is 2.24. The Morgan fingerprint density at radius 2 is 2.29 bits per heavy atom. The predicted octanol–water partition coefficient (Wildman–Crippen LogP) is 0.304. The minimum absolute atomic E-state index is 0.0972. The Morgan fingerprint density at radius 3 is 2.43 bits per heavy atom. The van der Waals surface area contributed by atoms with Crippen molar-refractivity contribution in [1.29, 1.82) is 0 Å². The minimum Gasteiger partial charge on any atom is -0.354 e. The molecule has 0 saturated heterocycles. The van der Waals surface area contributed by atoms with Crippen molar-refractivity contribution in [3.63, 3.8) is 0 Å². The molecule has 39 valence electrons. The molecule has 0 aliphatic heterocycles. The summed E-state index contributed by atoms with van der Waals surface area (Å²) in [6, 6.07) is 0. The first-order valence-corrected chi connectivity index (χ1v) is 2.41. The molecule has 7 heavy (non-hydrogen) atoms. The summed E-state index contributed by atoms with van der Waals surface area (Å²) in [4.78, 5) is 10.4. The average Bonchev–Trinajstić information content (AvgIpc) is 2.44. The van der Waals surface area contributed by atoms with Crippen molar-refractivity contribution < 1.29 is 4.79 Å². The van der Waals surface area contributed by atoms with E-state index in [0.717, 1.165) is 12.8 Å². The normalized spacial score (nSPS) is 19.0. The highest BCUT2D eigenvalue weighted by Crippen LogP contribution is 2.28. The minimum atomic E-state index is 0.0972. The lowest BCUT2D eigenvalue weighted by Gasteiger charge is -1.89. The number of carbonyl (C=O) groups is 1. The lowest BCUT2D eigenvalue weighted by atomic mass is 10.4. The van der Waals surface area contributed by atoms with Gasteiger partial charge in [0.05, 0.1) is 0 Å². The van der Waals surface area contributed by atoms with Gasteiger partial charge in [-0.05, 0) is 12.8 Å². The fourth-order valence-corrected chi connectivity index (χ4v) is 0.490. The summed E-state index contributed by atoms with van der Waals surface area (Å²) in [6.07, 6.45) is 2.11. The van der Waals surface area contributed by atoms with Gasteiger partial charge in [0.25, 0.3) is 0 Å². The smallest absolute Gasteiger partial charge is 0.223 e. The first kappa shape index (κ1) is 4.62. The molecule has 0 aromatic carbocycles. The topological polar surface area (TPSA) is 29.1 Å². The molecule has 1 fully saturated rings. The van der Waals surface area contributed by atoms with Crippen LogP contribution in [0.3, 0.4) is 0 Å². The van der Waals surface area contributed by atoms with Crippen molar-refractivity contribution in [1.82, 2.24) is 5.32 Å². The van der Waals surface area contributed by atoms with Crippen molar-refractivity contribution in [2.24, 2.45) is 5.92 Å². The van der Waals surface area contributed by atoms with Crippen LogP contribution in [0.15, 0.2) is 0 Å². The van der Waals surface area contributed by atoms with Crippen LogP contribution in [0.25, 0.3) is 0 Å². The molecule has 1 rings (SSSR count). The number of rotatable bonds is 1. The molecule has 1 radical (unpaired) electrons. The predicted molar refractivity (Wildman–Crippen MR) is 26.2 cm³/mol. The van der Waals surface area contributed by atoms with Gasteiger partial charge in [0.15, 0.2) is 0 Å². The number of carbonyl (C=O) groups excluding carboxylic acids is 1. The lowest BCUT2D eigenvalue weighted by Crippen LogP contribution is -2.16. The molecule has 1 N–H and O–H groups in total. The van der Waals surface area contributed by atoms with E-state index in [2.05, 4.69) is 12.4 Å². The number of hydrogen-bond donors (Lipinski definition) is 1. The van der Waals surface area contributed by atoms with Crippen LogP contribution < -0.4 is 5.32 Å². The van der Waals surface area contributed by atoms with E-state index in [4.69, 9.17) is 0 Å². The molecule has 0 aromatic rings. The molecular weight excluding hydrogens is 90.1 g/mol. The van der Waals surface area contributed by atoms with E-state index in [-0.39, 0.29) is 5.91 Å². The van der Waals surface area contributed by atoms with Crippen LogP contribution >= 0.6 is 0 Å². The molecule has 0 bridgehead atoms. The quantitative estimate of drug-likeness (QED) is 0.502. The summed E-state index contributed by atoms with van der Waals surface area (Å²) < 4.78 is 0. The van der Waals surface area contributed by atoms with Gasteiger partial charge in [-0.1, -0.05) is 0 Å². The van der Waals surface area contributed by atoms with Crippen LogP contribution in [0.5, 0.6) is 0 Å². The van der Waals surface area contributed by atoms with Crippen LogP contribution in [-0.4, -0.2) is 5.91 Å². The van der Waals surface area contributed by atoms with Crippen molar-refractivity contribution in [2.75, 3.05) is 0 Å². The fraction of sp³-hybridized carbons (Fsp3) is 0.600. The zero-order chi connectivity index (χ0) is 5.28. The first-order chi connectivity index (χ1) is 3.34. The molecule has 1 aliphatic rings. The van der Waals surface area contributed by atoms with Crippen LogP contribution in [0.4, 0.5) is 0 Å². The van der Waals surface area contributed by atoms with Gasteiger partial charge in [-0.15, -0.1) is 0 Å². The third kappa shape index (κ3) is 0.918. The molecule has 2 heteroatoms. The van der Waals surface area contributed by atoms with E-state index in [9.17, 15) is 4.79 Å². The van der Waals surface area contributed by atoms with E-state index < -0.39 is 0 Å². The summed E-state index contributed by atoms with van der Waals surface area (Å²) in [5.41, 5.74) is 0. The van der Waals surface area contributed by atoms with Crippen molar-refractivity contribution >= 4 is 5.91 Å². The van der Waals surface area contributed by atoms with Crippen LogP contribution in [0.1, 0.15) is 12.8 Å². The van der Waals surface area contributed by atoms with Crippen molar-refractivity contribution in [3.8, 4) is 0 Å². The highest BCUT2D eigenvalue weighted by Gasteiger charge is 2.28. The maximum atomic E-state index is 10.4. The third-order valence-corrected chi connectivity index (χ3v) is 1.12. The van der Waals surface area contributed by atoms with E-state index >= 15 is 0 Å². The monoisotopic (exact) mass is 98.1 g/mol. The van der Waals surface area contributed by atoms with E-state index in [1.54, 1.807) is 0 Å². The first-order valence-electron chi connectivity index (χ1n) is 2.41. The van der Waals surface area contributed by atoms with Crippen LogP contribution in [0.2, 0.25) is 0 Å². The standard InChI is InChI=1S/C5H8NO/c1-6-5(7)4-2-3-4/h4H,1-3H2,(H,6,7). The third-order valence-electron chi connectivity index (χ3n) is 1.12. The number of amides is 1. The maximum Gasteiger partial charge on any atom is 0.223 e. The molecular formula is C5H8NO. The Bertz CT molecular complexity index is 86.1. The molecule has 1 saturated carbocycles. The van der Waals surface area contributed by atoms with Gasteiger partial charge in [0.2, 0.25) is 5.91 Å². The summed E-state index contributed by atoms with van der Waals surface area (Å²) in [5.74, 6) is 0.400. The zero-order valence-corrected chi connectivity index (χ0v) is 4.11. The van der Waals surface area contributed by atoms with Crippen LogP contribution in [0, 0.1) is 13.0 Å². The summed E-state index contributed by atoms with van der Waals surface area (Å²) >= 11 is 0. The summed E-state index contributed by atoms with van der Waals surface area (Å²) in [6.45, 7) is 0. The summed E-state index contributed by atoms with van der Waals surface area (Å²) in [5, 5.41) is 2.34. The Kier molecular flexibility index (Phi) is 1.01. The van der Waals surface area contributed by atoms with Gasteiger partial charge in [0.1, 0.15) is 0 Å². The second-order valence-electron chi connectivity index (χ2n) is 1.82. The highest BCUT2D eigenvalue weighted by molar-refractivity contribution is 5.80. The Morgan fingerprint density at radius 1 is 1.71 bits per heavy atom. The molecule has 2 nitrogen and oxygen atoms in total. The second kappa shape index (κ2) is 1.52. The van der Waals surface area contributed by atoms with Gasteiger partial charge in [0, 0.05) is 13.0 Å². The largest absolute Gasteiger partial charge is 0.354 e. The Labute approximate surface area is 42.9 Å². The molecule has 0 aromatic heterocycles. The SMILES string of the molecule is [CH2]NC(=O)C1CC1. The van der Waals surface area contributed by atoms with Crippen molar-refractivity contribution in [3.05, 3.63) is 7.05 Å². The van der Waals surface area contributed by atoms with Gasteiger partial charge in [-0.2, -0.15) is 0 Å². The van der Waals surface area contributed by atoms with Gasteiger partial charge >= 0.3 is 0 Å². The zero-order valence-electron chi connectivity index (χ0n) is 4.11. The van der Waals surface area contributed by atoms with Crippen molar-refractivity contribution in [2.45, 2.75) is 12.8 Å². The fourth-order valence-electron chi connectivity index (χ4n) is 0.490. The molecule has 0 spiro atoms. The van der Waals surface area contributed by atoms with E-state index in [0.29, 0.717) is 5.92 Å². The highest BCUT2D eigenvalue weighted by atomic mass is 16.1. The van der Waals surface area contributed by atoms with Gasteiger partial charge in [-0.3, -0.25) is 4.79 Å². The van der Waals surface area contributed by atoms with Crippen LogP contribution in [-0.2, 0) is 4.79 Å². The molecule has 0 unspecified atom stereocenters. The maximum absolute atomic E-state index is 10.4. The Hall–Kier alpha value is -0.530. The summed E-state index contributed by atoms with van der Waals surface area (Å²) in [7, 11) is 3.25. The number of nitrogens with one attached hydrogen (secondary N) is 1. The molecule has 0 atom stereocenters. The van der Waals surface area contributed by atoms with Gasteiger partial charge < -0.3 is 5.32 Å². The number of hydrogen-bond acceptors (Lipinski definition) is 1. The molecule has 0 heterocycles. The molecule has 1 aliphatic carbocycles. The van der Waals surface area contributed by atoms with E-state index in [1.807, 2.05) is 0 Å². The average molecular weight is 98.1 g/mol.